The van der Waals surface area contributed by atoms with E-state index in [0.717, 1.165) is 19.3 Å². The molecule has 0 aromatic carbocycles. The molecule has 0 heterocycles. The summed E-state index contributed by atoms with van der Waals surface area (Å²) in [5, 5.41) is 18.3. The molecule has 0 radical (unpaired) electrons. The topological polar surface area (TPSA) is 77.4 Å². The third-order valence-electron chi connectivity index (χ3n) is 2.71. The van der Waals surface area contributed by atoms with Gasteiger partial charge in [-0.05, 0) is 19.3 Å². The Labute approximate surface area is 148 Å². The van der Waals surface area contributed by atoms with Crippen molar-refractivity contribution in [2.24, 2.45) is 0 Å². The van der Waals surface area contributed by atoms with Crippen LogP contribution in [0.2, 0.25) is 0 Å². The lowest BCUT2D eigenvalue weighted by Crippen LogP contribution is -2.17. The molecular formula is C15H30Cl2O6. The minimum atomic E-state index is -0.592. The zero-order chi connectivity index (χ0) is 17.2. The number of rotatable bonds is 18. The van der Waals surface area contributed by atoms with Crippen molar-refractivity contribution in [3.05, 3.63) is 0 Å². The van der Waals surface area contributed by atoms with Crippen molar-refractivity contribution in [2.75, 3.05) is 64.6 Å². The number of hydrogen-bond donors (Lipinski definition) is 2. The SMILES string of the molecule is OC(CCl)COCCCOCCCOCCCOCC(O)CCl. The monoisotopic (exact) mass is 376 g/mol. The fraction of sp³-hybridized carbons (Fsp3) is 1.00. The first-order chi connectivity index (χ1) is 11.2. The molecule has 0 aliphatic carbocycles. The molecule has 0 aliphatic heterocycles. The molecule has 0 rings (SSSR count). The van der Waals surface area contributed by atoms with Crippen molar-refractivity contribution in [2.45, 2.75) is 31.5 Å². The molecule has 0 fully saturated rings. The van der Waals surface area contributed by atoms with Crippen LogP contribution in [-0.4, -0.2) is 87.0 Å². The first kappa shape index (κ1) is 23.3. The first-order valence-corrected chi connectivity index (χ1v) is 9.06. The van der Waals surface area contributed by atoms with Crippen molar-refractivity contribution in [1.82, 2.24) is 0 Å². The average Bonchev–Trinajstić information content (AvgIpc) is 2.57. The highest BCUT2D eigenvalue weighted by atomic mass is 35.5. The number of alkyl halides is 2. The predicted octanol–water partition coefficient (Wildman–Crippen LogP) is 1.42. The molecule has 0 aliphatic rings. The molecule has 0 amide bonds. The molecule has 2 atom stereocenters. The molecule has 8 heteroatoms. The van der Waals surface area contributed by atoms with Crippen molar-refractivity contribution in [3.8, 4) is 0 Å². The lowest BCUT2D eigenvalue weighted by molar-refractivity contribution is 0.0243. The van der Waals surface area contributed by atoms with Crippen molar-refractivity contribution in [1.29, 1.82) is 0 Å². The van der Waals surface area contributed by atoms with Gasteiger partial charge in [-0.3, -0.25) is 0 Å². The first-order valence-electron chi connectivity index (χ1n) is 7.99. The van der Waals surface area contributed by atoms with Crippen LogP contribution in [0.3, 0.4) is 0 Å². The Morgan fingerprint density at radius 1 is 0.565 bits per heavy atom. The summed E-state index contributed by atoms with van der Waals surface area (Å²) in [4.78, 5) is 0. The molecule has 0 aromatic heterocycles. The van der Waals surface area contributed by atoms with E-state index in [1.54, 1.807) is 0 Å². The minimum absolute atomic E-state index is 0.192. The Morgan fingerprint density at radius 2 is 0.870 bits per heavy atom. The molecule has 6 nitrogen and oxygen atoms in total. The van der Waals surface area contributed by atoms with Gasteiger partial charge in [-0.2, -0.15) is 0 Å². The molecule has 140 valence electrons. The van der Waals surface area contributed by atoms with Crippen LogP contribution in [0.4, 0.5) is 0 Å². The molecular weight excluding hydrogens is 347 g/mol. The van der Waals surface area contributed by atoms with E-state index in [0.29, 0.717) is 39.6 Å². The van der Waals surface area contributed by atoms with Crippen LogP contribution in [0.1, 0.15) is 19.3 Å². The largest absolute Gasteiger partial charge is 0.389 e. The summed E-state index contributed by atoms with van der Waals surface area (Å²) in [6, 6.07) is 0. The zero-order valence-corrected chi connectivity index (χ0v) is 15.1. The summed E-state index contributed by atoms with van der Waals surface area (Å²) in [6.45, 7) is 4.23. The van der Waals surface area contributed by atoms with E-state index in [4.69, 9.17) is 52.4 Å². The van der Waals surface area contributed by atoms with E-state index >= 15 is 0 Å². The quantitative estimate of drug-likeness (QED) is 0.278. The molecule has 0 saturated heterocycles. The third kappa shape index (κ3) is 18.5. The van der Waals surface area contributed by atoms with Gasteiger partial charge in [-0.1, -0.05) is 0 Å². The van der Waals surface area contributed by atoms with Gasteiger partial charge >= 0.3 is 0 Å². The van der Waals surface area contributed by atoms with Gasteiger partial charge in [0.05, 0.1) is 37.2 Å². The van der Waals surface area contributed by atoms with Crippen LogP contribution >= 0.6 is 23.2 Å². The summed E-state index contributed by atoms with van der Waals surface area (Å²) in [6.07, 6.45) is 1.25. The van der Waals surface area contributed by atoms with Gasteiger partial charge in [0.1, 0.15) is 0 Å². The van der Waals surface area contributed by atoms with Crippen LogP contribution in [-0.2, 0) is 18.9 Å². The van der Waals surface area contributed by atoms with E-state index in [1.807, 2.05) is 0 Å². The highest BCUT2D eigenvalue weighted by molar-refractivity contribution is 6.18. The lowest BCUT2D eigenvalue weighted by Gasteiger charge is -2.09. The Bertz CT molecular complexity index is 214. The fourth-order valence-electron chi connectivity index (χ4n) is 1.52. The number of ether oxygens (including phenoxy) is 4. The summed E-state index contributed by atoms with van der Waals surface area (Å²) in [5.41, 5.74) is 0. The summed E-state index contributed by atoms with van der Waals surface area (Å²) < 4.78 is 21.3. The molecule has 0 spiro atoms. The van der Waals surface area contributed by atoms with Gasteiger partial charge in [-0.15, -0.1) is 23.2 Å². The number of hydrogen-bond acceptors (Lipinski definition) is 6. The summed E-state index contributed by atoms with van der Waals surface area (Å²) in [5.74, 6) is 0.385. The molecule has 0 aromatic rings. The smallest absolute Gasteiger partial charge is 0.0908 e. The number of aliphatic hydroxyl groups is 2. The Kier molecular flexibility index (Phi) is 19.0. The molecule has 0 saturated carbocycles. The Morgan fingerprint density at radius 3 is 1.17 bits per heavy atom. The van der Waals surface area contributed by atoms with Crippen LogP contribution in [0.5, 0.6) is 0 Å². The van der Waals surface area contributed by atoms with Gasteiger partial charge in [0.2, 0.25) is 0 Å². The van der Waals surface area contributed by atoms with Crippen molar-refractivity contribution in [3.63, 3.8) is 0 Å². The normalized spacial score (nSPS) is 14.1. The van der Waals surface area contributed by atoms with Crippen molar-refractivity contribution < 1.29 is 29.2 Å². The molecule has 23 heavy (non-hydrogen) atoms. The van der Waals surface area contributed by atoms with Crippen LogP contribution in [0.15, 0.2) is 0 Å². The van der Waals surface area contributed by atoms with Crippen LogP contribution in [0, 0.1) is 0 Å². The van der Waals surface area contributed by atoms with Crippen LogP contribution < -0.4 is 0 Å². The highest BCUT2D eigenvalue weighted by Crippen LogP contribution is 1.94. The Balaban J connectivity index is 3.03. The van der Waals surface area contributed by atoms with Crippen LogP contribution in [0.25, 0.3) is 0 Å². The highest BCUT2D eigenvalue weighted by Gasteiger charge is 2.01. The maximum Gasteiger partial charge on any atom is 0.0908 e. The summed E-state index contributed by atoms with van der Waals surface area (Å²) >= 11 is 10.9. The molecule has 2 unspecified atom stereocenters. The van der Waals surface area contributed by atoms with E-state index in [2.05, 4.69) is 0 Å². The zero-order valence-electron chi connectivity index (χ0n) is 13.6. The van der Waals surface area contributed by atoms with Gasteiger partial charge in [0.25, 0.3) is 0 Å². The van der Waals surface area contributed by atoms with Crippen molar-refractivity contribution >= 4 is 23.2 Å². The maximum atomic E-state index is 9.16. The van der Waals surface area contributed by atoms with E-state index in [1.165, 1.54) is 0 Å². The standard InChI is InChI=1S/C15H30Cl2O6/c16-10-14(18)12-22-8-2-6-20-4-1-5-21-7-3-9-23-13-15(19)11-17/h14-15,18-19H,1-13H2. The second-order valence-corrected chi connectivity index (χ2v) is 5.67. The number of aliphatic hydroxyl groups excluding tert-OH is 2. The second kappa shape index (κ2) is 18.7. The Hall–Kier alpha value is 0.340. The van der Waals surface area contributed by atoms with Gasteiger partial charge in [-0.25, -0.2) is 0 Å². The predicted molar refractivity (Wildman–Crippen MR) is 90.6 cm³/mol. The van der Waals surface area contributed by atoms with E-state index < -0.39 is 12.2 Å². The van der Waals surface area contributed by atoms with E-state index in [-0.39, 0.29) is 25.0 Å². The van der Waals surface area contributed by atoms with E-state index in [9.17, 15) is 0 Å². The lowest BCUT2D eigenvalue weighted by atomic mass is 10.4. The fourth-order valence-corrected chi connectivity index (χ4v) is 1.70. The average molecular weight is 377 g/mol. The third-order valence-corrected chi connectivity index (χ3v) is 3.42. The maximum absolute atomic E-state index is 9.16. The van der Waals surface area contributed by atoms with Gasteiger partial charge in [0.15, 0.2) is 0 Å². The number of halogens is 2. The molecule has 2 N–H and O–H groups in total. The van der Waals surface area contributed by atoms with Gasteiger partial charge in [0, 0.05) is 39.6 Å². The molecule has 0 bridgehead atoms. The van der Waals surface area contributed by atoms with Gasteiger partial charge < -0.3 is 29.2 Å². The summed E-state index contributed by atoms with van der Waals surface area (Å²) in [7, 11) is 0. The minimum Gasteiger partial charge on any atom is -0.389 e. The second-order valence-electron chi connectivity index (χ2n) is 5.05.